The van der Waals surface area contributed by atoms with E-state index in [9.17, 15) is 13.2 Å². The molecular formula is C10H22N2O4S. The quantitative estimate of drug-likeness (QED) is 0.487. The third-order valence-corrected chi connectivity index (χ3v) is 2.90. The summed E-state index contributed by atoms with van der Waals surface area (Å²) >= 11 is 0. The molecule has 0 rings (SSSR count). The SMILES string of the molecule is CCCC(C(=O)OCCNS(C)(=O)=O)N(C)C. The molecule has 0 aromatic carbocycles. The van der Waals surface area contributed by atoms with Crippen molar-refractivity contribution >= 4 is 16.0 Å². The second-order valence-corrected chi connectivity index (χ2v) is 5.94. The van der Waals surface area contributed by atoms with Gasteiger partial charge in [0, 0.05) is 6.54 Å². The minimum Gasteiger partial charge on any atom is -0.463 e. The van der Waals surface area contributed by atoms with E-state index in [1.165, 1.54) is 0 Å². The van der Waals surface area contributed by atoms with Crippen molar-refractivity contribution in [2.24, 2.45) is 0 Å². The number of nitrogens with one attached hydrogen (secondary N) is 1. The van der Waals surface area contributed by atoms with Crippen LogP contribution in [0.3, 0.4) is 0 Å². The van der Waals surface area contributed by atoms with E-state index in [0.29, 0.717) is 0 Å². The molecule has 17 heavy (non-hydrogen) atoms. The summed E-state index contributed by atoms with van der Waals surface area (Å²) in [6.07, 6.45) is 2.68. The number of ether oxygens (including phenoxy) is 1. The van der Waals surface area contributed by atoms with Gasteiger partial charge in [-0.3, -0.25) is 9.69 Å². The van der Waals surface area contributed by atoms with E-state index < -0.39 is 10.0 Å². The standard InChI is InChI=1S/C10H22N2O4S/c1-5-6-9(12(2)3)10(13)16-8-7-11-17(4,14)15/h9,11H,5-8H2,1-4H3. The first kappa shape index (κ1) is 16.3. The first-order chi connectivity index (χ1) is 7.78. The molecule has 6 nitrogen and oxygen atoms in total. The molecule has 0 aromatic heterocycles. The van der Waals surface area contributed by atoms with E-state index >= 15 is 0 Å². The van der Waals surface area contributed by atoms with Crippen molar-refractivity contribution in [2.45, 2.75) is 25.8 Å². The molecule has 0 aromatic rings. The number of rotatable bonds is 8. The number of likely N-dealkylation sites (N-methyl/N-ethyl adjacent to an activating group) is 1. The molecule has 0 spiro atoms. The summed E-state index contributed by atoms with van der Waals surface area (Å²) in [7, 11) is 0.411. The van der Waals surface area contributed by atoms with Crippen molar-refractivity contribution in [3.05, 3.63) is 0 Å². The number of sulfonamides is 1. The zero-order valence-electron chi connectivity index (χ0n) is 10.9. The highest BCUT2D eigenvalue weighted by Crippen LogP contribution is 2.05. The maximum Gasteiger partial charge on any atom is 0.323 e. The Kier molecular flexibility index (Phi) is 7.33. The number of esters is 1. The summed E-state index contributed by atoms with van der Waals surface area (Å²) in [6.45, 7) is 2.16. The smallest absolute Gasteiger partial charge is 0.323 e. The molecule has 0 radical (unpaired) electrons. The van der Waals surface area contributed by atoms with E-state index in [1.54, 1.807) is 4.90 Å². The van der Waals surface area contributed by atoms with Crippen LogP contribution in [-0.2, 0) is 19.6 Å². The topological polar surface area (TPSA) is 75.7 Å². The predicted molar refractivity (Wildman–Crippen MR) is 66.2 cm³/mol. The summed E-state index contributed by atoms with van der Waals surface area (Å²) in [5.41, 5.74) is 0. The van der Waals surface area contributed by atoms with Crippen LogP contribution in [0.5, 0.6) is 0 Å². The molecule has 0 saturated heterocycles. The lowest BCUT2D eigenvalue weighted by Crippen LogP contribution is -2.38. The minimum atomic E-state index is -3.22. The summed E-state index contributed by atoms with van der Waals surface area (Å²) in [5.74, 6) is -0.313. The van der Waals surface area contributed by atoms with Crippen molar-refractivity contribution in [1.29, 1.82) is 0 Å². The molecule has 102 valence electrons. The maximum absolute atomic E-state index is 11.7. The minimum absolute atomic E-state index is 0.0555. The van der Waals surface area contributed by atoms with E-state index in [2.05, 4.69) is 4.72 Å². The Morgan fingerprint density at radius 3 is 2.41 bits per heavy atom. The van der Waals surface area contributed by atoms with Crippen molar-refractivity contribution < 1.29 is 17.9 Å². The monoisotopic (exact) mass is 266 g/mol. The van der Waals surface area contributed by atoms with Crippen molar-refractivity contribution in [3.63, 3.8) is 0 Å². The average Bonchev–Trinajstić information content (AvgIpc) is 2.18. The molecule has 0 aliphatic carbocycles. The molecule has 0 aliphatic rings. The van der Waals surface area contributed by atoms with E-state index in [4.69, 9.17) is 4.74 Å². The molecule has 1 atom stereocenters. The Labute approximate surface area is 103 Å². The van der Waals surface area contributed by atoms with Gasteiger partial charge >= 0.3 is 5.97 Å². The van der Waals surface area contributed by atoms with Gasteiger partial charge in [-0.25, -0.2) is 13.1 Å². The van der Waals surface area contributed by atoms with Gasteiger partial charge in [-0.05, 0) is 20.5 Å². The van der Waals surface area contributed by atoms with Crippen molar-refractivity contribution in [2.75, 3.05) is 33.5 Å². The zero-order valence-corrected chi connectivity index (χ0v) is 11.7. The van der Waals surface area contributed by atoms with Gasteiger partial charge in [0.05, 0.1) is 6.26 Å². The second-order valence-electron chi connectivity index (χ2n) is 4.10. The Hall–Kier alpha value is -0.660. The third kappa shape index (κ3) is 8.12. The van der Waals surface area contributed by atoms with Gasteiger partial charge in [-0.15, -0.1) is 0 Å². The molecule has 0 fully saturated rings. The largest absolute Gasteiger partial charge is 0.463 e. The first-order valence-corrected chi connectivity index (χ1v) is 7.44. The van der Waals surface area contributed by atoms with Crippen molar-refractivity contribution in [1.82, 2.24) is 9.62 Å². The van der Waals surface area contributed by atoms with E-state index in [1.807, 2.05) is 21.0 Å². The van der Waals surface area contributed by atoms with E-state index in [0.717, 1.165) is 19.1 Å². The molecule has 1 N–H and O–H groups in total. The van der Waals surface area contributed by atoms with Crippen LogP contribution >= 0.6 is 0 Å². The van der Waals surface area contributed by atoms with E-state index in [-0.39, 0.29) is 25.2 Å². The summed E-state index contributed by atoms with van der Waals surface area (Å²) in [4.78, 5) is 13.5. The van der Waals surface area contributed by atoms with Crippen LogP contribution in [0.1, 0.15) is 19.8 Å². The van der Waals surface area contributed by atoms with Crippen LogP contribution in [-0.4, -0.2) is 58.8 Å². The molecule has 0 saturated carbocycles. The van der Waals surface area contributed by atoms with Crippen LogP contribution < -0.4 is 4.72 Å². The summed E-state index contributed by atoms with van der Waals surface area (Å²) < 4.78 is 28.8. The molecule has 0 bridgehead atoms. The zero-order chi connectivity index (χ0) is 13.5. The van der Waals surface area contributed by atoms with Gasteiger partial charge < -0.3 is 4.74 Å². The van der Waals surface area contributed by atoms with Crippen LogP contribution in [0.15, 0.2) is 0 Å². The lowest BCUT2D eigenvalue weighted by molar-refractivity contribution is -0.149. The van der Waals surface area contributed by atoms with Gasteiger partial charge in [0.2, 0.25) is 10.0 Å². The Morgan fingerprint density at radius 1 is 1.41 bits per heavy atom. The summed E-state index contributed by atoms with van der Waals surface area (Å²) in [5, 5.41) is 0. The Morgan fingerprint density at radius 2 is 2.00 bits per heavy atom. The average molecular weight is 266 g/mol. The summed E-state index contributed by atoms with van der Waals surface area (Å²) in [6, 6.07) is -0.266. The Bertz CT molecular complexity index is 327. The maximum atomic E-state index is 11.7. The predicted octanol–water partition coefficient (Wildman–Crippen LogP) is -0.191. The van der Waals surface area contributed by atoms with Gasteiger partial charge in [0.1, 0.15) is 12.6 Å². The molecule has 0 amide bonds. The van der Waals surface area contributed by atoms with Crippen molar-refractivity contribution in [3.8, 4) is 0 Å². The van der Waals surface area contributed by atoms with Crippen LogP contribution in [0.25, 0.3) is 0 Å². The molecule has 7 heteroatoms. The number of carbonyl (C=O) groups excluding carboxylic acids is 1. The Balaban J connectivity index is 3.99. The number of nitrogens with zero attached hydrogens (tertiary/aromatic N) is 1. The lowest BCUT2D eigenvalue weighted by Gasteiger charge is -2.21. The second kappa shape index (κ2) is 7.62. The third-order valence-electron chi connectivity index (χ3n) is 2.17. The van der Waals surface area contributed by atoms with Gasteiger partial charge in [-0.2, -0.15) is 0 Å². The molecule has 0 aliphatic heterocycles. The fourth-order valence-electron chi connectivity index (χ4n) is 1.34. The highest BCUT2D eigenvalue weighted by atomic mass is 32.2. The number of hydrogen-bond acceptors (Lipinski definition) is 5. The van der Waals surface area contributed by atoms with Crippen LogP contribution in [0.2, 0.25) is 0 Å². The first-order valence-electron chi connectivity index (χ1n) is 5.55. The van der Waals surface area contributed by atoms with Gasteiger partial charge in [0.15, 0.2) is 0 Å². The van der Waals surface area contributed by atoms with Crippen LogP contribution in [0, 0.1) is 0 Å². The highest BCUT2D eigenvalue weighted by Gasteiger charge is 2.20. The fraction of sp³-hybridized carbons (Fsp3) is 0.900. The van der Waals surface area contributed by atoms with Crippen LogP contribution in [0.4, 0.5) is 0 Å². The molecular weight excluding hydrogens is 244 g/mol. The molecule has 0 heterocycles. The fourth-order valence-corrected chi connectivity index (χ4v) is 1.79. The lowest BCUT2D eigenvalue weighted by atomic mass is 10.1. The van der Waals surface area contributed by atoms with Gasteiger partial charge in [-0.1, -0.05) is 13.3 Å². The van der Waals surface area contributed by atoms with Gasteiger partial charge in [0.25, 0.3) is 0 Å². The number of carbonyl (C=O) groups is 1. The normalized spacial score (nSPS) is 13.7. The highest BCUT2D eigenvalue weighted by molar-refractivity contribution is 7.88. The number of hydrogen-bond donors (Lipinski definition) is 1. The molecule has 1 unspecified atom stereocenters.